The minimum Gasteiger partial charge on any atom is -0.392 e. The molecule has 3 aliphatic rings. The number of sulfone groups is 2. The largest absolute Gasteiger partial charge is 0.392 e. The molecule has 0 saturated heterocycles. The van der Waals surface area contributed by atoms with Gasteiger partial charge >= 0.3 is 50.5 Å². The summed E-state index contributed by atoms with van der Waals surface area (Å²) in [5.41, 5.74) is 9.16. The van der Waals surface area contributed by atoms with E-state index in [1.165, 1.54) is 44.0 Å². The van der Waals surface area contributed by atoms with Crippen molar-refractivity contribution < 1.29 is 71.3 Å². The summed E-state index contributed by atoms with van der Waals surface area (Å²) >= 11 is 21.0. The average molecular weight is 2110 g/mol. The van der Waals surface area contributed by atoms with Crippen LogP contribution in [-0.2, 0) is 80.5 Å². The van der Waals surface area contributed by atoms with Crippen LogP contribution in [0.15, 0.2) is 188 Å². The van der Waals surface area contributed by atoms with E-state index >= 15 is 0 Å². The summed E-state index contributed by atoms with van der Waals surface area (Å²) in [4.78, 5) is 7.38. The first-order valence-corrected chi connectivity index (χ1v) is 54.1. The smallest absolute Gasteiger partial charge is 0.261 e. The van der Waals surface area contributed by atoms with E-state index < -0.39 is 40.4 Å². The minimum absolute atomic E-state index is 0. The maximum Gasteiger partial charge on any atom is 0.261 e. The van der Waals surface area contributed by atoms with Crippen molar-refractivity contribution in [3.63, 3.8) is 0 Å². The Morgan fingerprint density at radius 3 is 1.14 bits per heavy atom. The Kier molecular flexibility index (Phi) is 39.2. The van der Waals surface area contributed by atoms with Gasteiger partial charge in [0, 0.05) is 97.2 Å². The molecule has 3 heterocycles. The molecule has 11 rings (SSSR count). The number of rotatable bonds is 12. The third-order valence-electron chi connectivity index (χ3n) is 15.3. The molecule has 0 bridgehead atoms. The second-order valence-electron chi connectivity index (χ2n) is 21.7. The molecule has 96 heavy (non-hydrogen) atoms. The van der Waals surface area contributed by atoms with Crippen molar-refractivity contribution in [2.24, 2.45) is 0 Å². The monoisotopic (exact) mass is 2110 g/mol. The van der Waals surface area contributed by atoms with Crippen LogP contribution in [0.25, 0.3) is 0 Å². The fraction of sp³-hybridized carbons (Fsp3) is 0.294. The molecule has 0 fully saturated rings. The number of likely N-dealkylation sites (N-methyl/N-ethyl adjacent to an activating group) is 3. The minimum atomic E-state index is -3.76. The van der Waals surface area contributed by atoms with Crippen molar-refractivity contribution >= 4 is 161 Å². The van der Waals surface area contributed by atoms with Crippen LogP contribution in [0.4, 0.5) is 8.78 Å². The molecule has 524 valence electrons. The molecule has 1 N–H and O–H groups in total. The van der Waals surface area contributed by atoms with Crippen LogP contribution in [0, 0.1) is 11.6 Å². The third kappa shape index (κ3) is 27.5. The predicted molar refractivity (Wildman–Crippen MR) is 422 cm³/mol. The van der Waals surface area contributed by atoms with Gasteiger partial charge in [-0.3, -0.25) is 0 Å². The second kappa shape index (κ2) is 43.7. The number of nitrogens with zero attached hydrogens (tertiary/aromatic N) is 3. The Labute approximate surface area is 649 Å². The molecule has 0 unspecified atom stereocenters. The average Bonchev–Trinajstić information content (AvgIpc) is 1.01. The fourth-order valence-electron chi connectivity index (χ4n) is 9.88. The predicted octanol–water partition coefficient (Wildman–Crippen LogP) is 14.0. The molecule has 8 aromatic carbocycles. The van der Waals surface area contributed by atoms with Crippen LogP contribution >= 0.6 is 132 Å². The maximum atomic E-state index is 13.4. The number of ether oxygens (including phenoxy) is 4. The molecular weight excluding hydrogens is 2040 g/mol. The van der Waals surface area contributed by atoms with Gasteiger partial charge < -0.3 is 38.8 Å². The van der Waals surface area contributed by atoms with Gasteiger partial charge in [-0.15, -0.1) is 24.0 Å². The normalized spacial score (nSPS) is 13.8. The van der Waals surface area contributed by atoms with E-state index in [1.807, 2.05) is 36.4 Å². The molecule has 0 spiro atoms. The first-order valence-electron chi connectivity index (χ1n) is 29.2. The summed E-state index contributed by atoms with van der Waals surface area (Å²) in [6, 6.07) is 43.8. The van der Waals surface area contributed by atoms with E-state index in [4.69, 9.17) is 57.9 Å². The van der Waals surface area contributed by atoms with Gasteiger partial charge in [0.1, 0.15) is 51.0 Å². The Hall–Kier alpha value is -2.24. The number of benzene rings is 8. The van der Waals surface area contributed by atoms with Crippen LogP contribution in [0.2, 0.25) is 10.0 Å². The number of fused-ring (bicyclic) bond motifs is 3. The summed E-state index contributed by atoms with van der Waals surface area (Å²) in [6.45, 7) is 6.43. The third-order valence-corrected chi connectivity index (χ3v) is 20.8. The van der Waals surface area contributed by atoms with Crippen molar-refractivity contribution in [1.29, 1.82) is 0 Å². The van der Waals surface area contributed by atoms with E-state index in [9.17, 15) is 34.0 Å². The molecule has 0 atom stereocenters. The summed E-state index contributed by atoms with van der Waals surface area (Å²) in [6.07, 6.45) is 5.65. The van der Waals surface area contributed by atoms with Crippen molar-refractivity contribution in [1.82, 2.24) is 14.7 Å². The van der Waals surface area contributed by atoms with Crippen LogP contribution in [0.5, 0.6) is 23.0 Å². The zero-order valence-electron chi connectivity index (χ0n) is 53.3. The zero-order valence-corrected chi connectivity index (χ0v) is 71.1. The Morgan fingerprint density at radius 1 is 0.458 bits per heavy atom. The Bertz CT molecular complexity index is 4060. The summed E-state index contributed by atoms with van der Waals surface area (Å²) in [7, 11) is 4.77. The number of aliphatic hydroxyl groups is 1. The van der Waals surface area contributed by atoms with E-state index in [1.54, 1.807) is 67.8 Å². The second-order valence-corrected chi connectivity index (χ2v) is 45.2. The topological polar surface area (TPSA) is 169 Å². The summed E-state index contributed by atoms with van der Waals surface area (Å²) in [5, 5.41) is 9.96. The van der Waals surface area contributed by atoms with Gasteiger partial charge in [-0.1, -0.05) is 53.5 Å². The zero-order chi connectivity index (χ0) is 69.9. The standard InChI is InChI=1S/C25H26ClNO4S.C18H20FNO3S.C12H17NO.C7H7ClO.C6H4ClFO2S.I3.I2.HI/c1-27-13-11-19-15-24(30-2)25(16-20(19)12-14-27)32(28,29)23-9-7-22(8-10-23)31-17-18-3-5-21(26)6-4-18;1-20-9-7-13-11-17(23-2)18(12-14(13)8-10-20)24(21,22)16-5-3-15(19)4-6-16;1-13-7-5-10-3-4-12(14-2)9-11(10)6-8-13;8-7-3-1-6(5-9)2-4-7;7-11(9,10)6-3-1-5(8)2-4-6;1-3-2;1-2;/h3-10,15-16H,11-14,17H2,1-2H3;3-6,11-12H,7-10H2,1-2H3;3-4,9H,5-8H2,1-2H3;1-4,9H,5H2;1-4H;;;1H/q;;;;;-1;;. The molecule has 0 aromatic heterocycles. The molecule has 0 radical (unpaired) electrons. The van der Waals surface area contributed by atoms with Crippen LogP contribution in [-0.4, -0.2) is 127 Å². The molecular formula is C68H75Cl3F2I6N3O11S3-. The van der Waals surface area contributed by atoms with Gasteiger partial charge in [-0.05, 0) is 238 Å². The number of methoxy groups -OCH3 is 3. The molecule has 0 amide bonds. The van der Waals surface area contributed by atoms with E-state index in [0.29, 0.717) is 47.2 Å². The first-order chi connectivity index (χ1) is 45.3. The van der Waals surface area contributed by atoms with E-state index in [-0.39, 0.29) is 55.1 Å². The number of hydrogen-bond acceptors (Lipinski definition) is 14. The molecule has 28 heteroatoms. The van der Waals surface area contributed by atoms with Gasteiger partial charge in [-0.2, -0.15) is 0 Å². The van der Waals surface area contributed by atoms with Crippen molar-refractivity contribution in [3.8, 4) is 23.0 Å². The van der Waals surface area contributed by atoms with Gasteiger partial charge in [0.25, 0.3) is 9.05 Å². The molecule has 0 saturated carbocycles. The number of halogens is 11. The van der Waals surface area contributed by atoms with Crippen LogP contribution < -0.4 is 32.2 Å². The van der Waals surface area contributed by atoms with Crippen molar-refractivity contribution in [2.75, 3.05) is 81.7 Å². The fourth-order valence-corrected chi connectivity index (χ4v) is 13.8. The maximum absolute atomic E-state index is 13.4. The van der Waals surface area contributed by atoms with Gasteiger partial charge in [0.05, 0.1) is 42.6 Å². The quantitative estimate of drug-likeness (QED) is 0.0696. The molecule has 8 aromatic rings. The van der Waals surface area contributed by atoms with Crippen molar-refractivity contribution in [3.05, 3.63) is 230 Å². The molecule has 3 aliphatic heterocycles. The van der Waals surface area contributed by atoms with Gasteiger partial charge in [-0.25, -0.2) is 34.0 Å². The van der Waals surface area contributed by atoms with Gasteiger partial charge in [0.2, 0.25) is 19.7 Å². The van der Waals surface area contributed by atoms with Crippen LogP contribution in [0.1, 0.15) is 44.5 Å². The Balaban J connectivity index is 0.000000268. The van der Waals surface area contributed by atoms with Crippen LogP contribution in [0.3, 0.4) is 0 Å². The SMILES string of the molecule is COc1cc2c(cc1S(=O)(=O)c1ccc(F)cc1)CCN(C)CC2.COc1cc2c(cc1S(=O)(=O)c1ccc(OCc3ccc(Cl)cc3)cc1)CCN(C)CC2.COc1ccc2c(c1)CCN(C)CC2.I.II.I[I-]I.O=S(=O)(Cl)c1ccc(F)cc1.OCc1ccc(Cl)cc1. The number of hydrogen-bond donors (Lipinski definition) is 1. The van der Waals surface area contributed by atoms with Gasteiger partial charge in [0.15, 0.2) is 0 Å². The molecule has 14 nitrogen and oxygen atoms in total. The summed E-state index contributed by atoms with van der Waals surface area (Å²) in [5.74, 6) is 1.34. The molecule has 0 aliphatic carbocycles. The first kappa shape index (κ1) is 86.2. The van der Waals surface area contributed by atoms with Crippen molar-refractivity contribution in [2.45, 2.75) is 76.2 Å². The number of aliphatic hydroxyl groups excluding tert-OH is 1. The Morgan fingerprint density at radius 2 is 0.781 bits per heavy atom. The van der Waals surface area contributed by atoms with E-state index in [0.717, 1.165) is 147 Å². The van der Waals surface area contributed by atoms with E-state index in [2.05, 4.69) is 129 Å². The summed E-state index contributed by atoms with van der Waals surface area (Å²) < 4.78 is 121.